The molecule has 0 radical (unpaired) electrons. The zero-order valence-corrected chi connectivity index (χ0v) is 9.96. The van der Waals surface area contributed by atoms with Crippen LogP contribution in [0.25, 0.3) is 0 Å². The highest BCUT2D eigenvalue weighted by Crippen LogP contribution is 2.35. The number of rotatable bonds is 4. The van der Waals surface area contributed by atoms with Crippen LogP contribution in [0.2, 0.25) is 0 Å². The van der Waals surface area contributed by atoms with Crippen LogP contribution in [0.5, 0.6) is 0 Å². The molecule has 0 aliphatic carbocycles. The Kier molecular flexibility index (Phi) is 2.78. The van der Waals surface area contributed by atoms with Crippen molar-refractivity contribution in [1.82, 2.24) is 9.55 Å². The SMILES string of the molecule is CCCC1(O)CN(c2c([N+](=O)[O-])ncn2C)C1. The van der Waals surface area contributed by atoms with Crippen LogP contribution in [0.3, 0.4) is 0 Å². The zero-order valence-electron chi connectivity index (χ0n) is 9.96. The van der Waals surface area contributed by atoms with Gasteiger partial charge in [-0.25, -0.2) is 0 Å². The number of anilines is 1. The normalized spacial score (nSPS) is 17.9. The molecule has 7 heteroatoms. The number of aliphatic hydroxyl groups is 1. The summed E-state index contributed by atoms with van der Waals surface area (Å²) in [5, 5.41) is 20.9. The van der Waals surface area contributed by atoms with Gasteiger partial charge in [0.25, 0.3) is 0 Å². The molecule has 0 atom stereocenters. The number of hydrogen-bond donors (Lipinski definition) is 1. The highest BCUT2D eigenvalue weighted by molar-refractivity contribution is 5.57. The van der Waals surface area contributed by atoms with Crippen LogP contribution in [0, 0.1) is 10.1 Å². The predicted molar refractivity (Wildman–Crippen MR) is 61.9 cm³/mol. The molecule has 2 heterocycles. The molecule has 0 aromatic carbocycles. The third-order valence-electron chi connectivity index (χ3n) is 3.05. The lowest BCUT2D eigenvalue weighted by Gasteiger charge is -2.47. The molecular weight excluding hydrogens is 224 g/mol. The van der Waals surface area contributed by atoms with Crippen molar-refractivity contribution in [2.24, 2.45) is 7.05 Å². The molecule has 0 unspecified atom stereocenters. The Labute approximate surface area is 98.8 Å². The van der Waals surface area contributed by atoms with Gasteiger partial charge in [-0.3, -0.25) is 4.57 Å². The van der Waals surface area contributed by atoms with Gasteiger partial charge in [0, 0.05) is 7.05 Å². The first-order valence-electron chi connectivity index (χ1n) is 5.60. The van der Waals surface area contributed by atoms with E-state index in [4.69, 9.17) is 0 Å². The van der Waals surface area contributed by atoms with Gasteiger partial charge in [-0.2, -0.15) is 0 Å². The molecule has 17 heavy (non-hydrogen) atoms. The topological polar surface area (TPSA) is 84.4 Å². The third kappa shape index (κ3) is 1.97. The monoisotopic (exact) mass is 240 g/mol. The van der Waals surface area contributed by atoms with Crippen molar-refractivity contribution in [3.63, 3.8) is 0 Å². The number of nitro groups is 1. The average Bonchev–Trinajstić information content (AvgIpc) is 2.56. The maximum Gasteiger partial charge on any atom is 0.406 e. The van der Waals surface area contributed by atoms with Gasteiger partial charge in [-0.1, -0.05) is 13.3 Å². The van der Waals surface area contributed by atoms with Crippen molar-refractivity contribution in [3.05, 3.63) is 16.4 Å². The molecule has 1 aromatic rings. The number of aromatic nitrogens is 2. The Morgan fingerprint density at radius 2 is 2.29 bits per heavy atom. The minimum Gasteiger partial charge on any atom is -0.386 e. The van der Waals surface area contributed by atoms with Crippen LogP contribution in [0.15, 0.2) is 6.33 Å². The van der Waals surface area contributed by atoms with Gasteiger partial charge >= 0.3 is 5.82 Å². The third-order valence-corrected chi connectivity index (χ3v) is 3.05. The molecule has 0 amide bonds. The Morgan fingerprint density at radius 1 is 1.65 bits per heavy atom. The number of hydrogen-bond acceptors (Lipinski definition) is 5. The Balaban J connectivity index is 2.16. The second-order valence-corrected chi connectivity index (χ2v) is 4.59. The molecule has 1 aliphatic heterocycles. The van der Waals surface area contributed by atoms with Gasteiger partial charge < -0.3 is 20.1 Å². The van der Waals surface area contributed by atoms with Crippen LogP contribution < -0.4 is 4.90 Å². The molecule has 2 rings (SSSR count). The summed E-state index contributed by atoms with van der Waals surface area (Å²) in [4.78, 5) is 15.9. The van der Waals surface area contributed by atoms with Crippen molar-refractivity contribution >= 4 is 11.6 Å². The van der Waals surface area contributed by atoms with E-state index < -0.39 is 10.5 Å². The van der Waals surface area contributed by atoms with Crippen molar-refractivity contribution in [1.29, 1.82) is 0 Å². The first-order valence-corrected chi connectivity index (χ1v) is 5.60. The van der Waals surface area contributed by atoms with Crippen LogP contribution in [-0.2, 0) is 7.05 Å². The standard InChI is InChI=1S/C10H16N4O3/c1-3-4-10(15)5-13(6-10)9-8(14(16)17)11-7-12(9)2/h7,15H,3-6H2,1-2H3. The van der Waals surface area contributed by atoms with E-state index in [1.807, 2.05) is 6.92 Å². The van der Waals surface area contributed by atoms with Crippen molar-refractivity contribution in [2.45, 2.75) is 25.4 Å². The fraction of sp³-hybridized carbons (Fsp3) is 0.700. The predicted octanol–water partition coefficient (Wildman–Crippen LogP) is 0.679. The van der Waals surface area contributed by atoms with Gasteiger partial charge in [0.15, 0.2) is 0 Å². The molecule has 1 aromatic heterocycles. The van der Waals surface area contributed by atoms with Gasteiger partial charge in [-0.05, 0) is 16.3 Å². The van der Waals surface area contributed by atoms with E-state index >= 15 is 0 Å². The maximum absolute atomic E-state index is 10.8. The highest BCUT2D eigenvalue weighted by Gasteiger charge is 2.44. The maximum atomic E-state index is 10.8. The lowest BCUT2D eigenvalue weighted by Crippen LogP contribution is -2.62. The molecular formula is C10H16N4O3. The van der Waals surface area contributed by atoms with Gasteiger partial charge in [0.1, 0.15) is 0 Å². The Bertz CT molecular complexity index is 437. The zero-order chi connectivity index (χ0) is 12.6. The molecule has 1 saturated heterocycles. The Hall–Kier alpha value is -1.63. The van der Waals surface area contributed by atoms with Crippen molar-refractivity contribution in [3.8, 4) is 0 Å². The number of nitrogens with zero attached hydrogens (tertiary/aromatic N) is 4. The molecule has 94 valence electrons. The van der Waals surface area contributed by atoms with Gasteiger partial charge in [-0.15, -0.1) is 0 Å². The van der Waals surface area contributed by atoms with Crippen molar-refractivity contribution < 1.29 is 10.0 Å². The summed E-state index contributed by atoms with van der Waals surface area (Å²) in [5.74, 6) is 0.321. The largest absolute Gasteiger partial charge is 0.406 e. The summed E-state index contributed by atoms with van der Waals surface area (Å²) in [6.45, 7) is 2.87. The van der Waals surface area contributed by atoms with Crippen LogP contribution in [-0.4, -0.2) is 38.3 Å². The lowest BCUT2D eigenvalue weighted by molar-refractivity contribution is -0.388. The van der Waals surface area contributed by atoms with Crippen LogP contribution in [0.4, 0.5) is 11.6 Å². The van der Waals surface area contributed by atoms with Crippen LogP contribution in [0.1, 0.15) is 19.8 Å². The summed E-state index contributed by atoms with van der Waals surface area (Å²) in [6.07, 6.45) is 3.04. The van der Waals surface area contributed by atoms with Gasteiger partial charge in [0.2, 0.25) is 12.1 Å². The molecule has 1 N–H and O–H groups in total. The van der Waals surface area contributed by atoms with Crippen molar-refractivity contribution in [2.75, 3.05) is 18.0 Å². The summed E-state index contributed by atoms with van der Waals surface area (Å²) in [5.41, 5.74) is -0.701. The summed E-state index contributed by atoms with van der Waals surface area (Å²) in [6, 6.07) is 0. The Morgan fingerprint density at radius 3 is 2.82 bits per heavy atom. The van der Waals surface area contributed by atoms with E-state index in [9.17, 15) is 15.2 Å². The second kappa shape index (κ2) is 3.99. The van der Waals surface area contributed by atoms with E-state index in [0.29, 0.717) is 18.9 Å². The minimum absolute atomic E-state index is 0.147. The first kappa shape index (κ1) is 11.8. The number of imidazole rings is 1. The second-order valence-electron chi connectivity index (χ2n) is 4.59. The van der Waals surface area contributed by atoms with E-state index in [1.54, 1.807) is 16.5 Å². The summed E-state index contributed by atoms with van der Waals surface area (Å²) < 4.78 is 1.61. The molecule has 1 aliphatic rings. The molecule has 0 spiro atoms. The fourth-order valence-corrected chi connectivity index (χ4v) is 2.34. The first-order chi connectivity index (χ1) is 7.97. The van der Waals surface area contributed by atoms with E-state index in [1.165, 1.54) is 6.33 Å². The summed E-state index contributed by atoms with van der Waals surface area (Å²) >= 11 is 0. The molecule has 0 bridgehead atoms. The van der Waals surface area contributed by atoms with E-state index in [-0.39, 0.29) is 5.82 Å². The van der Waals surface area contributed by atoms with E-state index in [0.717, 1.165) is 12.8 Å². The molecule has 1 fully saturated rings. The fourth-order valence-electron chi connectivity index (χ4n) is 2.34. The smallest absolute Gasteiger partial charge is 0.386 e. The number of β-amino-alcohol motifs (C(OH)–C–C–N with tert-alkyl or cyclic N) is 1. The highest BCUT2D eigenvalue weighted by atomic mass is 16.6. The lowest BCUT2D eigenvalue weighted by atomic mass is 9.89. The molecule has 0 saturated carbocycles. The molecule has 7 nitrogen and oxygen atoms in total. The average molecular weight is 240 g/mol. The van der Waals surface area contributed by atoms with Crippen LogP contribution >= 0.6 is 0 Å². The van der Waals surface area contributed by atoms with E-state index in [2.05, 4.69) is 4.98 Å². The minimum atomic E-state index is -0.701. The summed E-state index contributed by atoms with van der Waals surface area (Å²) in [7, 11) is 1.71. The number of aryl methyl sites for hydroxylation is 1. The quantitative estimate of drug-likeness (QED) is 0.618. The van der Waals surface area contributed by atoms with Gasteiger partial charge in [0.05, 0.1) is 18.7 Å².